The number of benzene rings is 2. The van der Waals surface area contributed by atoms with Crippen LogP contribution in [0.2, 0.25) is 0 Å². The van der Waals surface area contributed by atoms with Crippen molar-refractivity contribution < 1.29 is 9.59 Å². The van der Waals surface area contributed by atoms with Gasteiger partial charge in [-0.15, -0.1) is 0 Å². The van der Waals surface area contributed by atoms with Crippen LogP contribution >= 0.6 is 0 Å². The molecule has 2 amide bonds. The normalized spacial score (nSPS) is 10.8. The molecule has 7 nitrogen and oxygen atoms in total. The number of hydrogen-bond acceptors (Lipinski definition) is 5. The molecule has 0 fully saturated rings. The van der Waals surface area contributed by atoms with E-state index in [2.05, 4.69) is 37.6 Å². The van der Waals surface area contributed by atoms with Crippen LogP contribution < -0.4 is 10.6 Å². The van der Waals surface area contributed by atoms with E-state index in [-0.39, 0.29) is 11.8 Å². The lowest BCUT2D eigenvalue weighted by Crippen LogP contribution is -2.25. The zero-order valence-electron chi connectivity index (χ0n) is 20.4. The van der Waals surface area contributed by atoms with Crippen LogP contribution in [0.3, 0.4) is 0 Å². The van der Waals surface area contributed by atoms with Crippen molar-refractivity contribution in [2.45, 2.75) is 19.6 Å². The predicted molar refractivity (Wildman–Crippen MR) is 140 cm³/mol. The van der Waals surface area contributed by atoms with Gasteiger partial charge in [0.05, 0.1) is 0 Å². The molecule has 0 aliphatic heterocycles. The van der Waals surface area contributed by atoms with Gasteiger partial charge < -0.3 is 15.5 Å². The number of rotatable bonds is 9. The zero-order valence-corrected chi connectivity index (χ0v) is 20.4. The summed E-state index contributed by atoms with van der Waals surface area (Å²) in [5.41, 5.74) is 5.88. The van der Waals surface area contributed by atoms with Gasteiger partial charge in [0.2, 0.25) is 0 Å². The highest BCUT2D eigenvalue weighted by Gasteiger charge is 2.10. The highest BCUT2D eigenvalue weighted by Crippen LogP contribution is 2.17. The summed E-state index contributed by atoms with van der Waals surface area (Å²) in [7, 11) is 4.07. The van der Waals surface area contributed by atoms with Gasteiger partial charge in [0.1, 0.15) is 5.69 Å². The Morgan fingerprint density at radius 3 is 2.14 bits per heavy atom. The fourth-order valence-corrected chi connectivity index (χ4v) is 3.75. The molecular weight excluding hydrogens is 450 g/mol. The topological polar surface area (TPSA) is 87.2 Å². The van der Waals surface area contributed by atoms with Crippen molar-refractivity contribution in [1.29, 1.82) is 0 Å². The molecule has 0 spiro atoms. The smallest absolute Gasteiger partial charge is 0.270 e. The van der Waals surface area contributed by atoms with Gasteiger partial charge in [-0.1, -0.05) is 42.5 Å². The number of pyridine rings is 2. The maximum absolute atomic E-state index is 12.7. The fourth-order valence-electron chi connectivity index (χ4n) is 3.75. The lowest BCUT2D eigenvalue weighted by molar-refractivity contribution is 0.0942. The Balaban J connectivity index is 1.30. The molecule has 2 N–H and O–H groups in total. The van der Waals surface area contributed by atoms with Crippen LogP contribution in [-0.4, -0.2) is 40.8 Å². The van der Waals surface area contributed by atoms with Crippen molar-refractivity contribution in [2.75, 3.05) is 14.1 Å². The molecule has 4 aromatic rings. The van der Waals surface area contributed by atoms with Gasteiger partial charge in [-0.2, -0.15) is 0 Å². The standard InChI is InChI=1S/C29H29N5O2/c1-34(2)20-22-8-6-21(7-9-22)17-32-28(35)25-5-3-4-23(16-25)18-33-29(36)27-11-10-26(19-31-27)24-12-14-30-15-13-24/h3-16,19H,17-18,20H2,1-2H3,(H,32,35)(H,33,36). The summed E-state index contributed by atoms with van der Waals surface area (Å²) in [5, 5.41) is 5.83. The van der Waals surface area contributed by atoms with Crippen molar-refractivity contribution >= 4 is 11.8 Å². The highest BCUT2D eigenvalue weighted by atomic mass is 16.2. The second kappa shape index (κ2) is 11.9. The Morgan fingerprint density at radius 1 is 0.750 bits per heavy atom. The van der Waals surface area contributed by atoms with Gasteiger partial charge in [-0.3, -0.25) is 19.6 Å². The molecule has 7 heteroatoms. The van der Waals surface area contributed by atoms with Crippen LogP contribution in [0.1, 0.15) is 37.5 Å². The first-order chi connectivity index (χ1) is 17.5. The Kier molecular flexibility index (Phi) is 8.16. The summed E-state index contributed by atoms with van der Waals surface area (Å²) >= 11 is 0. The van der Waals surface area contributed by atoms with Crippen molar-refractivity contribution in [1.82, 2.24) is 25.5 Å². The SMILES string of the molecule is CN(C)Cc1ccc(CNC(=O)c2cccc(CNC(=O)c3ccc(-c4ccncc4)cn3)c2)cc1. The van der Waals surface area contributed by atoms with Crippen LogP contribution in [0, 0.1) is 0 Å². The van der Waals surface area contributed by atoms with Crippen LogP contribution in [0.5, 0.6) is 0 Å². The first kappa shape index (κ1) is 24.8. The Hall–Kier alpha value is -4.36. The van der Waals surface area contributed by atoms with Crippen LogP contribution in [-0.2, 0) is 19.6 Å². The molecule has 0 saturated carbocycles. The van der Waals surface area contributed by atoms with E-state index < -0.39 is 0 Å². The number of carbonyl (C=O) groups is 2. The minimum atomic E-state index is -0.274. The number of nitrogens with one attached hydrogen (secondary N) is 2. The summed E-state index contributed by atoms with van der Waals surface area (Å²) in [6.45, 7) is 1.62. The van der Waals surface area contributed by atoms with Gasteiger partial charge in [0.25, 0.3) is 11.8 Å². The monoisotopic (exact) mass is 479 g/mol. The van der Waals surface area contributed by atoms with E-state index in [9.17, 15) is 9.59 Å². The number of aromatic nitrogens is 2. The third-order valence-corrected chi connectivity index (χ3v) is 5.63. The largest absolute Gasteiger partial charge is 0.348 e. The maximum Gasteiger partial charge on any atom is 0.270 e. The molecule has 36 heavy (non-hydrogen) atoms. The lowest BCUT2D eigenvalue weighted by Gasteiger charge is -2.11. The molecule has 0 unspecified atom stereocenters. The van der Waals surface area contributed by atoms with Gasteiger partial charge in [0.15, 0.2) is 0 Å². The average molecular weight is 480 g/mol. The molecule has 4 rings (SSSR count). The Bertz CT molecular complexity index is 1300. The molecule has 2 aromatic heterocycles. The molecule has 0 bridgehead atoms. The molecule has 0 radical (unpaired) electrons. The van der Waals surface area contributed by atoms with E-state index in [1.54, 1.807) is 36.8 Å². The molecule has 0 atom stereocenters. The van der Waals surface area contributed by atoms with Crippen LogP contribution in [0.25, 0.3) is 11.1 Å². The van der Waals surface area contributed by atoms with E-state index in [0.717, 1.165) is 28.8 Å². The molecule has 0 aliphatic rings. The van der Waals surface area contributed by atoms with E-state index in [4.69, 9.17) is 0 Å². The first-order valence-corrected chi connectivity index (χ1v) is 11.7. The highest BCUT2D eigenvalue weighted by molar-refractivity contribution is 5.94. The van der Waals surface area contributed by atoms with Crippen molar-refractivity contribution in [3.05, 3.63) is 119 Å². The number of amides is 2. The quantitative estimate of drug-likeness (QED) is 0.378. The number of carbonyl (C=O) groups excluding carboxylic acids is 2. The van der Waals surface area contributed by atoms with Gasteiger partial charge in [0, 0.05) is 49.4 Å². The minimum absolute atomic E-state index is 0.158. The molecule has 2 heterocycles. The summed E-state index contributed by atoms with van der Waals surface area (Å²) in [6, 6.07) is 22.8. The van der Waals surface area contributed by atoms with Gasteiger partial charge in [-0.25, -0.2) is 0 Å². The number of hydrogen-bond donors (Lipinski definition) is 2. The predicted octanol–water partition coefficient (Wildman–Crippen LogP) is 4.07. The average Bonchev–Trinajstić information content (AvgIpc) is 2.91. The second-order valence-corrected chi connectivity index (χ2v) is 8.79. The minimum Gasteiger partial charge on any atom is -0.348 e. The third-order valence-electron chi connectivity index (χ3n) is 5.63. The first-order valence-electron chi connectivity index (χ1n) is 11.7. The summed E-state index contributed by atoms with van der Waals surface area (Å²) in [4.78, 5) is 35.6. The molecule has 0 aliphatic carbocycles. The fraction of sp³-hybridized carbons (Fsp3) is 0.172. The van der Waals surface area contributed by atoms with E-state index >= 15 is 0 Å². The summed E-state index contributed by atoms with van der Waals surface area (Å²) in [5.74, 6) is -0.433. The molecule has 2 aromatic carbocycles. The van der Waals surface area contributed by atoms with Crippen molar-refractivity contribution in [2.24, 2.45) is 0 Å². The van der Waals surface area contributed by atoms with Crippen LogP contribution in [0.4, 0.5) is 0 Å². The van der Waals surface area contributed by atoms with Crippen molar-refractivity contribution in [3.8, 4) is 11.1 Å². The summed E-state index contributed by atoms with van der Waals surface area (Å²) in [6.07, 6.45) is 5.10. The lowest BCUT2D eigenvalue weighted by atomic mass is 10.1. The number of nitrogens with zero attached hydrogens (tertiary/aromatic N) is 3. The molecule has 0 saturated heterocycles. The van der Waals surface area contributed by atoms with Gasteiger partial charge >= 0.3 is 0 Å². The summed E-state index contributed by atoms with van der Waals surface area (Å²) < 4.78 is 0. The van der Waals surface area contributed by atoms with E-state index in [1.807, 2.05) is 56.6 Å². The third kappa shape index (κ3) is 6.84. The Morgan fingerprint density at radius 2 is 1.44 bits per heavy atom. The van der Waals surface area contributed by atoms with Crippen LogP contribution in [0.15, 0.2) is 91.4 Å². The van der Waals surface area contributed by atoms with Crippen molar-refractivity contribution in [3.63, 3.8) is 0 Å². The zero-order chi connectivity index (χ0) is 25.3. The maximum atomic E-state index is 12.7. The molecular formula is C29H29N5O2. The Labute approximate surface area is 211 Å². The van der Waals surface area contributed by atoms with E-state index in [1.165, 1.54) is 5.56 Å². The van der Waals surface area contributed by atoms with Gasteiger partial charge in [-0.05, 0) is 66.7 Å². The van der Waals surface area contributed by atoms with E-state index in [0.29, 0.717) is 24.3 Å². The molecule has 182 valence electrons. The second-order valence-electron chi connectivity index (χ2n) is 8.79.